The lowest BCUT2D eigenvalue weighted by atomic mass is 10.2. The highest BCUT2D eigenvalue weighted by atomic mass is 79.9. The molecule has 0 bridgehead atoms. The fraction of sp³-hybridized carbons (Fsp3) is 0.222. The molecule has 25 heavy (non-hydrogen) atoms. The maximum Gasteiger partial charge on any atom is 0.265 e. The number of hydrogen-bond acceptors (Lipinski definition) is 4. The number of ether oxygens (including phenoxy) is 1. The van der Waals surface area contributed by atoms with Crippen molar-refractivity contribution >= 4 is 50.9 Å². The summed E-state index contributed by atoms with van der Waals surface area (Å²) >= 11 is 5.03. The largest absolute Gasteiger partial charge is 0.479 e. The Hall–Kier alpha value is -1.99. The number of benzene rings is 2. The van der Waals surface area contributed by atoms with Crippen LogP contribution in [-0.2, 0) is 9.59 Å². The summed E-state index contributed by atoms with van der Waals surface area (Å²) in [5.74, 6) is 1.04. The van der Waals surface area contributed by atoms with Gasteiger partial charge in [-0.1, -0.05) is 15.9 Å². The Morgan fingerprint density at radius 3 is 2.80 bits per heavy atom. The number of nitrogens with one attached hydrogen (secondary N) is 2. The Morgan fingerprint density at radius 2 is 2.04 bits per heavy atom. The summed E-state index contributed by atoms with van der Waals surface area (Å²) in [5, 5.41) is 5.62. The molecule has 1 aliphatic heterocycles. The molecule has 0 radical (unpaired) electrons. The number of carbonyl (C=O) groups is 2. The average molecular weight is 421 g/mol. The predicted octanol–water partition coefficient (Wildman–Crippen LogP) is 4.29. The normalized spacial score (nSPS) is 15.8. The molecule has 5 nitrogen and oxygen atoms in total. The van der Waals surface area contributed by atoms with Crippen molar-refractivity contribution < 1.29 is 14.3 Å². The number of halogens is 1. The van der Waals surface area contributed by atoms with E-state index in [1.54, 1.807) is 36.9 Å². The van der Waals surface area contributed by atoms with Crippen LogP contribution in [0.3, 0.4) is 0 Å². The lowest BCUT2D eigenvalue weighted by molar-refractivity contribution is -0.122. The first-order valence-corrected chi connectivity index (χ1v) is 9.59. The SMILES string of the molecule is CC1Oc2ccc(NC(=O)CCSc3ccc(Br)cc3)cc2NC1=O. The molecule has 0 fully saturated rings. The lowest BCUT2D eigenvalue weighted by Gasteiger charge is -2.23. The Bertz CT molecular complexity index is 795. The molecule has 2 N–H and O–H groups in total. The molecule has 0 aliphatic carbocycles. The van der Waals surface area contributed by atoms with E-state index >= 15 is 0 Å². The number of amides is 2. The van der Waals surface area contributed by atoms with Crippen molar-refractivity contribution in [3.05, 3.63) is 46.9 Å². The molecular weight excluding hydrogens is 404 g/mol. The third-order valence-electron chi connectivity index (χ3n) is 3.61. The van der Waals surface area contributed by atoms with Crippen LogP contribution in [0.5, 0.6) is 5.75 Å². The minimum Gasteiger partial charge on any atom is -0.479 e. The van der Waals surface area contributed by atoms with E-state index in [9.17, 15) is 9.59 Å². The van der Waals surface area contributed by atoms with E-state index in [1.807, 2.05) is 24.3 Å². The summed E-state index contributed by atoms with van der Waals surface area (Å²) in [6, 6.07) is 13.2. The fourth-order valence-corrected chi connectivity index (χ4v) is 3.42. The molecule has 0 saturated heterocycles. The second-order valence-electron chi connectivity index (χ2n) is 5.56. The minimum atomic E-state index is -0.511. The van der Waals surface area contributed by atoms with Gasteiger partial charge in [-0.15, -0.1) is 11.8 Å². The van der Waals surface area contributed by atoms with E-state index < -0.39 is 6.10 Å². The Morgan fingerprint density at radius 1 is 1.28 bits per heavy atom. The van der Waals surface area contributed by atoms with E-state index in [1.165, 1.54) is 0 Å². The minimum absolute atomic E-state index is 0.0685. The third kappa shape index (κ3) is 4.76. The first-order valence-electron chi connectivity index (χ1n) is 7.81. The summed E-state index contributed by atoms with van der Waals surface area (Å²) in [5.41, 5.74) is 1.21. The molecule has 1 unspecified atom stereocenters. The van der Waals surface area contributed by atoms with Crippen molar-refractivity contribution in [2.24, 2.45) is 0 Å². The van der Waals surface area contributed by atoms with Crippen LogP contribution in [0.4, 0.5) is 11.4 Å². The van der Waals surface area contributed by atoms with Gasteiger partial charge in [-0.2, -0.15) is 0 Å². The smallest absolute Gasteiger partial charge is 0.265 e. The molecule has 1 aliphatic rings. The van der Waals surface area contributed by atoms with Crippen molar-refractivity contribution in [1.82, 2.24) is 0 Å². The van der Waals surface area contributed by atoms with E-state index in [0.29, 0.717) is 29.3 Å². The van der Waals surface area contributed by atoms with Crippen molar-refractivity contribution in [2.45, 2.75) is 24.3 Å². The molecule has 3 rings (SSSR count). The van der Waals surface area contributed by atoms with Gasteiger partial charge >= 0.3 is 0 Å². The van der Waals surface area contributed by atoms with E-state index in [4.69, 9.17) is 4.74 Å². The molecule has 2 aromatic rings. The Balaban J connectivity index is 1.52. The number of fused-ring (bicyclic) bond motifs is 1. The molecule has 0 aromatic heterocycles. The van der Waals surface area contributed by atoms with Gasteiger partial charge in [0.15, 0.2) is 6.10 Å². The first-order chi connectivity index (χ1) is 12.0. The van der Waals surface area contributed by atoms with Gasteiger partial charge < -0.3 is 15.4 Å². The molecule has 0 saturated carbocycles. The lowest BCUT2D eigenvalue weighted by Crippen LogP contribution is -2.34. The number of carbonyl (C=O) groups excluding carboxylic acids is 2. The zero-order valence-electron chi connectivity index (χ0n) is 13.5. The van der Waals surface area contributed by atoms with E-state index in [0.717, 1.165) is 9.37 Å². The van der Waals surface area contributed by atoms with Crippen molar-refractivity contribution in [1.29, 1.82) is 0 Å². The zero-order chi connectivity index (χ0) is 17.8. The second kappa shape index (κ2) is 7.93. The van der Waals surface area contributed by atoms with Crippen molar-refractivity contribution in [3.63, 3.8) is 0 Å². The van der Waals surface area contributed by atoms with Crippen LogP contribution in [-0.4, -0.2) is 23.7 Å². The Labute approximate surface area is 158 Å². The molecule has 130 valence electrons. The van der Waals surface area contributed by atoms with Crippen LogP contribution < -0.4 is 15.4 Å². The molecule has 1 atom stereocenters. The van der Waals surface area contributed by atoms with Gasteiger partial charge in [-0.25, -0.2) is 0 Å². The van der Waals surface area contributed by atoms with Gasteiger partial charge in [-0.3, -0.25) is 9.59 Å². The van der Waals surface area contributed by atoms with Gasteiger partial charge in [0.25, 0.3) is 5.91 Å². The predicted molar refractivity (Wildman–Crippen MR) is 103 cm³/mol. The molecule has 7 heteroatoms. The zero-order valence-corrected chi connectivity index (χ0v) is 15.9. The highest BCUT2D eigenvalue weighted by molar-refractivity contribution is 9.10. The van der Waals surface area contributed by atoms with Crippen LogP contribution in [0.2, 0.25) is 0 Å². The highest BCUT2D eigenvalue weighted by Gasteiger charge is 2.23. The van der Waals surface area contributed by atoms with Crippen LogP contribution in [0.25, 0.3) is 0 Å². The summed E-state index contributed by atoms with van der Waals surface area (Å²) in [7, 11) is 0. The highest BCUT2D eigenvalue weighted by Crippen LogP contribution is 2.32. The quantitative estimate of drug-likeness (QED) is 0.707. The summed E-state index contributed by atoms with van der Waals surface area (Å²) in [6.07, 6.45) is -0.110. The summed E-state index contributed by atoms with van der Waals surface area (Å²) in [4.78, 5) is 24.9. The van der Waals surface area contributed by atoms with Crippen molar-refractivity contribution in [3.8, 4) is 5.75 Å². The van der Waals surface area contributed by atoms with Crippen molar-refractivity contribution in [2.75, 3.05) is 16.4 Å². The maximum absolute atomic E-state index is 12.1. The molecule has 2 amide bonds. The van der Waals surface area contributed by atoms with Gasteiger partial charge in [0.05, 0.1) is 5.69 Å². The number of hydrogen-bond donors (Lipinski definition) is 2. The second-order valence-corrected chi connectivity index (χ2v) is 7.64. The summed E-state index contributed by atoms with van der Waals surface area (Å²) in [6.45, 7) is 1.69. The van der Waals surface area contributed by atoms with Gasteiger partial charge in [0.1, 0.15) is 5.75 Å². The maximum atomic E-state index is 12.1. The van der Waals surface area contributed by atoms with Crippen LogP contribution in [0.15, 0.2) is 51.8 Å². The first kappa shape index (κ1) is 17.8. The van der Waals surface area contributed by atoms with E-state index in [-0.39, 0.29) is 11.8 Å². The summed E-state index contributed by atoms with van der Waals surface area (Å²) < 4.78 is 6.53. The van der Waals surface area contributed by atoms with E-state index in [2.05, 4.69) is 26.6 Å². The number of thioether (sulfide) groups is 1. The number of anilines is 2. The Kier molecular flexibility index (Phi) is 5.65. The molecular formula is C18H17BrN2O3S. The van der Waals surface area contributed by atoms with Crippen LogP contribution in [0, 0.1) is 0 Å². The van der Waals surface area contributed by atoms with Gasteiger partial charge in [0, 0.05) is 27.2 Å². The molecule has 2 aromatic carbocycles. The fourth-order valence-electron chi connectivity index (χ4n) is 2.30. The molecule has 1 heterocycles. The standard InChI is InChI=1S/C18H17BrN2O3S/c1-11-18(23)21-15-10-13(4-7-16(15)24-11)20-17(22)8-9-25-14-5-2-12(19)3-6-14/h2-7,10-11H,8-9H2,1H3,(H,20,22)(H,21,23). The van der Waals surface area contributed by atoms with Gasteiger partial charge in [0.2, 0.25) is 5.91 Å². The monoisotopic (exact) mass is 420 g/mol. The van der Waals surface area contributed by atoms with Gasteiger partial charge in [-0.05, 0) is 49.4 Å². The topological polar surface area (TPSA) is 67.4 Å². The van der Waals surface area contributed by atoms with Crippen LogP contribution in [0.1, 0.15) is 13.3 Å². The third-order valence-corrected chi connectivity index (χ3v) is 5.15. The van der Waals surface area contributed by atoms with Crippen LogP contribution >= 0.6 is 27.7 Å². The number of rotatable bonds is 5. The average Bonchev–Trinajstić information content (AvgIpc) is 2.58. The molecule has 0 spiro atoms.